The summed E-state index contributed by atoms with van der Waals surface area (Å²) in [6.45, 7) is 8.68. The molecule has 0 radical (unpaired) electrons. The monoisotopic (exact) mass is 569 g/mol. The average Bonchev–Trinajstić information content (AvgIpc) is 2.92. The number of nitrogens with zero attached hydrogens (tertiary/aromatic N) is 5. The fourth-order valence-electron chi connectivity index (χ4n) is 5.17. The third kappa shape index (κ3) is 7.12. The summed E-state index contributed by atoms with van der Waals surface area (Å²) in [6.07, 6.45) is 2.21. The summed E-state index contributed by atoms with van der Waals surface area (Å²) < 4.78 is 32.4. The number of amides is 1. The number of likely N-dealkylation sites (tertiary alicyclic amines) is 1. The number of rotatable bonds is 7. The van der Waals surface area contributed by atoms with Crippen LogP contribution in [0.4, 0.5) is 9.18 Å². The summed E-state index contributed by atoms with van der Waals surface area (Å²) in [5, 5.41) is 10.9. The molecule has 2 aromatic heterocycles. The molecule has 0 saturated carbocycles. The molecule has 12 heteroatoms. The Labute approximate surface area is 237 Å². The number of ether oxygens (including phenoxy) is 3. The van der Waals surface area contributed by atoms with Crippen molar-refractivity contribution in [3.05, 3.63) is 58.5 Å². The molecule has 2 atom stereocenters. The smallest absolute Gasteiger partial charge is 0.410 e. The molecule has 1 amide bonds. The predicted octanol–water partition coefficient (Wildman–Crippen LogP) is 2.82. The summed E-state index contributed by atoms with van der Waals surface area (Å²) >= 11 is 0. The van der Waals surface area contributed by atoms with Crippen LogP contribution in [0.2, 0.25) is 0 Å². The minimum atomic E-state index is -0.702. The van der Waals surface area contributed by atoms with Crippen LogP contribution < -0.4 is 15.0 Å². The van der Waals surface area contributed by atoms with Crippen molar-refractivity contribution in [3.8, 4) is 11.5 Å². The second-order valence-electron chi connectivity index (χ2n) is 11.5. The molecule has 3 aromatic rings. The lowest BCUT2D eigenvalue weighted by Gasteiger charge is -2.39. The van der Waals surface area contributed by atoms with E-state index < -0.39 is 23.6 Å². The van der Waals surface area contributed by atoms with E-state index in [0.717, 1.165) is 0 Å². The molecule has 220 valence electrons. The molecule has 5 rings (SSSR count). The fourth-order valence-corrected chi connectivity index (χ4v) is 5.17. The zero-order valence-electron chi connectivity index (χ0n) is 23.6. The Bertz CT molecular complexity index is 1460. The highest BCUT2D eigenvalue weighted by Gasteiger charge is 2.33. The van der Waals surface area contributed by atoms with Crippen molar-refractivity contribution in [3.63, 3.8) is 0 Å². The number of hydrogen-bond acceptors (Lipinski definition) is 9. The second-order valence-corrected chi connectivity index (χ2v) is 11.5. The molecule has 1 fully saturated rings. The summed E-state index contributed by atoms with van der Waals surface area (Å²) in [5.41, 5.74) is 0.582. The van der Waals surface area contributed by atoms with E-state index in [1.807, 2.05) is 0 Å². The van der Waals surface area contributed by atoms with Crippen LogP contribution in [0.15, 0.2) is 41.5 Å². The van der Waals surface area contributed by atoms with Gasteiger partial charge in [0.1, 0.15) is 24.6 Å². The van der Waals surface area contributed by atoms with Crippen molar-refractivity contribution in [2.75, 3.05) is 39.4 Å². The van der Waals surface area contributed by atoms with Gasteiger partial charge in [0.25, 0.3) is 5.56 Å². The van der Waals surface area contributed by atoms with Crippen molar-refractivity contribution < 1.29 is 28.5 Å². The molecule has 0 bridgehead atoms. The second kappa shape index (κ2) is 12.0. The Kier molecular flexibility index (Phi) is 8.41. The number of hydrogen-bond donors (Lipinski definition) is 1. The average molecular weight is 570 g/mol. The molecular weight excluding hydrogens is 533 g/mol. The molecule has 0 spiro atoms. The number of carbonyl (C=O) groups excluding carboxylic acids is 1. The molecule has 2 unspecified atom stereocenters. The third-order valence-corrected chi connectivity index (χ3v) is 7.17. The zero-order chi connectivity index (χ0) is 29.1. The molecule has 1 N–H and O–H groups in total. The Morgan fingerprint density at radius 1 is 1.15 bits per heavy atom. The van der Waals surface area contributed by atoms with E-state index in [1.165, 1.54) is 22.9 Å². The highest BCUT2D eigenvalue weighted by atomic mass is 19.1. The maximum atomic E-state index is 13.9. The van der Waals surface area contributed by atoms with E-state index in [4.69, 9.17) is 14.2 Å². The van der Waals surface area contributed by atoms with Gasteiger partial charge in [-0.25, -0.2) is 14.2 Å². The summed E-state index contributed by atoms with van der Waals surface area (Å²) in [6, 6.07) is 5.94. The first-order valence-corrected chi connectivity index (χ1v) is 13.8. The number of aromatic nitrogens is 3. The van der Waals surface area contributed by atoms with Crippen molar-refractivity contribution in [2.24, 2.45) is 5.92 Å². The molecule has 1 saturated heterocycles. The third-order valence-electron chi connectivity index (χ3n) is 7.17. The topological polar surface area (TPSA) is 119 Å². The van der Waals surface area contributed by atoms with Gasteiger partial charge in [0.05, 0.1) is 41.8 Å². The Hall–Kier alpha value is -3.77. The quantitative estimate of drug-likeness (QED) is 0.458. The van der Waals surface area contributed by atoms with Gasteiger partial charge in [-0.15, -0.1) is 0 Å². The maximum absolute atomic E-state index is 13.9. The maximum Gasteiger partial charge on any atom is 0.410 e. The van der Waals surface area contributed by atoms with Crippen molar-refractivity contribution in [1.29, 1.82) is 0 Å². The molecule has 2 aliphatic heterocycles. The van der Waals surface area contributed by atoms with Crippen LogP contribution in [-0.4, -0.2) is 86.6 Å². The Morgan fingerprint density at radius 3 is 2.71 bits per heavy atom. The van der Waals surface area contributed by atoms with Crippen LogP contribution >= 0.6 is 0 Å². The lowest BCUT2D eigenvalue weighted by atomic mass is 9.94. The van der Waals surface area contributed by atoms with Crippen LogP contribution in [0.3, 0.4) is 0 Å². The lowest BCUT2D eigenvalue weighted by Crippen LogP contribution is -2.50. The van der Waals surface area contributed by atoms with Gasteiger partial charge < -0.3 is 33.7 Å². The standard InChI is InChI=1S/C29H36FN5O6/c1-29(2,3)41-28(38)34(18-21-13-25-26(14-31-21)40-11-10-39-25)17-19-16-33(7-6-24(19)36)8-9-35-23-12-20(30)4-5-22(23)32-15-27(35)37/h4-5,12-15,19,24,36H,6-11,16-18H2,1-3H3. The van der Waals surface area contributed by atoms with Gasteiger partial charge in [-0.3, -0.25) is 9.78 Å². The highest BCUT2D eigenvalue weighted by Crippen LogP contribution is 2.30. The summed E-state index contributed by atoms with van der Waals surface area (Å²) in [5.74, 6) is 0.436. The van der Waals surface area contributed by atoms with Crippen molar-refractivity contribution in [1.82, 2.24) is 24.3 Å². The Balaban J connectivity index is 1.30. The molecule has 1 aromatic carbocycles. The van der Waals surface area contributed by atoms with E-state index in [2.05, 4.69) is 14.9 Å². The number of pyridine rings is 1. The first-order chi connectivity index (χ1) is 19.6. The van der Waals surface area contributed by atoms with E-state index in [0.29, 0.717) is 74.0 Å². The van der Waals surface area contributed by atoms with Crippen molar-refractivity contribution >= 4 is 17.1 Å². The minimum absolute atomic E-state index is 0.165. The van der Waals surface area contributed by atoms with Gasteiger partial charge in [0.2, 0.25) is 0 Å². The van der Waals surface area contributed by atoms with E-state index >= 15 is 0 Å². The SMILES string of the molecule is CC(C)(C)OC(=O)N(Cc1cc2c(cn1)OCCO2)CC1CN(CCn2c(=O)cnc3ccc(F)cc32)CCC1O. The summed E-state index contributed by atoms with van der Waals surface area (Å²) in [4.78, 5) is 38.1. The Morgan fingerprint density at radius 2 is 1.93 bits per heavy atom. The molecular formula is C29H36FN5O6. The number of aliphatic hydroxyl groups is 1. The molecule has 11 nitrogen and oxygen atoms in total. The fraction of sp³-hybridized carbons (Fsp3) is 0.517. The van der Waals surface area contributed by atoms with E-state index in [9.17, 15) is 19.1 Å². The van der Waals surface area contributed by atoms with Gasteiger partial charge >= 0.3 is 6.09 Å². The van der Waals surface area contributed by atoms with Gasteiger partial charge in [-0.05, 0) is 45.4 Å². The first-order valence-electron chi connectivity index (χ1n) is 13.8. The van der Waals surface area contributed by atoms with E-state index in [-0.39, 0.29) is 24.6 Å². The largest absolute Gasteiger partial charge is 0.486 e. The summed E-state index contributed by atoms with van der Waals surface area (Å²) in [7, 11) is 0. The van der Waals surface area contributed by atoms with Crippen LogP contribution in [0.5, 0.6) is 11.5 Å². The van der Waals surface area contributed by atoms with Crippen LogP contribution in [0.1, 0.15) is 32.9 Å². The highest BCUT2D eigenvalue weighted by molar-refractivity contribution is 5.74. The van der Waals surface area contributed by atoms with Crippen LogP contribution in [0.25, 0.3) is 11.0 Å². The van der Waals surface area contributed by atoms with Gasteiger partial charge in [-0.1, -0.05) is 0 Å². The predicted molar refractivity (Wildman–Crippen MR) is 148 cm³/mol. The molecule has 41 heavy (non-hydrogen) atoms. The zero-order valence-corrected chi connectivity index (χ0v) is 23.6. The molecule has 2 aliphatic rings. The number of benzene rings is 1. The van der Waals surface area contributed by atoms with Gasteiger partial charge in [0.15, 0.2) is 11.5 Å². The van der Waals surface area contributed by atoms with Crippen molar-refractivity contribution in [2.45, 2.75) is 52.0 Å². The number of piperidine rings is 1. The first kappa shape index (κ1) is 28.7. The van der Waals surface area contributed by atoms with Gasteiger partial charge in [0, 0.05) is 44.7 Å². The number of carbonyl (C=O) groups is 1. The number of aliphatic hydroxyl groups excluding tert-OH is 1. The minimum Gasteiger partial charge on any atom is -0.486 e. The normalized spacial score (nSPS) is 19.2. The van der Waals surface area contributed by atoms with Crippen LogP contribution in [-0.2, 0) is 17.8 Å². The molecule has 4 heterocycles. The molecule has 0 aliphatic carbocycles. The van der Waals surface area contributed by atoms with Crippen LogP contribution in [0, 0.1) is 11.7 Å². The lowest BCUT2D eigenvalue weighted by molar-refractivity contribution is -0.00938. The van der Waals surface area contributed by atoms with Gasteiger partial charge in [-0.2, -0.15) is 0 Å². The number of fused-ring (bicyclic) bond motifs is 2. The van der Waals surface area contributed by atoms with E-state index in [1.54, 1.807) is 44.0 Å². The number of halogens is 1.